The zero-order chi connectivity index (χ0) is 22.1. The lowest BCUT2D eigenvalue weighted by atomic mass is 10.0. The van der Waals surface area contributed by atoms with Gasteiger partial charge in [-0.1, -0.05) is 74.5 Å². The summed E-state index contributed by atoms with van der Waals surface area (Å²) in [5.41, 5.74) is 1.52. The van der Waals surface area contributed by atoms with Gasteiger partial charge in [0.15, 0.2) is 5.75 Å². The third kappa shape index (κ3) is 7.00. The Kier molecular flexibility index (Phi) is 7.82. The van der Waals surface area contributed by atoms with Gasteiger partial charge in [0.2, 0.25) is 11.8 Å². The second-order valence-electron chi connectivity index (χ2n) is 7.81. The van der Waals surface area contributed by atoms with Crippen LogP contribution < -0.4 is 15.4 Å². The van der Waals surface area contributed by atoms with Crippen LogP contribution in [0.25, 0.3) is 0 Å². The van der Waals surface area contributed by atoms with Crippen LogP contribution in [0.5, 0.6) is 11.5 Å². The van der Waals surface area contributed by atoms with E-state index in [2.05, 4.69) is 10.6 Å². The standard InChI is InChI=1S/C26H28N2O3/c1-19(2)17-25(29)27-23(18-20-11-5-3-6-12-20)26(30)28-22-15-9-10-16-24(22)31-21-13-7-4-8-14-21/h3-16,19,23H,17-18H2,1-2H3,(H,27,29)(H,28,30). The summed E-state index contributed by atoms with van der Waals surface area (Å²) in [6.45, 7) is 3.95. The first-order valence-corrected chi connectivity index (χ1v) is 10.5. The van der Waals surface area contributed by atoms with E-state index in [4.69, 9.17) is 4.74 Å². The minimum Gasteiger partial charge on any atom is -0.455 e. The smallest absolute Gasteiger partial charge is 0.247 e. The van der Waals surface area contributed by atoms with E-state index in [0.717, 1.165) is 5.56 Å². The molecule has 1 unspecified atom stereocenters. The molecule has 160 valence electrons. The number of carbonyl (C=O) groups excluding carboxylic acids is 2. The van der Waals surface area contributed by atoms with Gasteiger partial charge in [-0.05, 0) is 35.7 Å². The predicted molar refractivity (Wildman–Crippen MR) is 123 cm³/mol. The first-order valence-electron chi connectivity index (χ1n) is 10.5. The van der Waals surface area contributed by atoms with Crippen molar-refractivity contribution in [3.05, 3.63) is 90.5 Å². The fraction of sp³-hybridized carbons (Fsp3) is 0.231. The molecule has 0 radical (unpaired) electrons. The van der Waals surface area contributed by atoms with E-state index in [9.17, 15) is 9.59 Å². The van der Waals surface area contributed by atoms with Crippen molar-refractivity contribution in [2.24, 2.45) is 5.92 Å². The zero-order valence-electron chi connectivity index (χ0n) is 17.9. The number of benzene rings is 3. The van der Waals surface area contributed by atoms with Crippen molar-refractivity contribution in [2.45, 2.75) is 32.7 Å². The number of nitrogens with one attached hydrogen (secondary N) is 2. The Morgan fingerprint density at radius 1 is 0.839 bits per heavy atom. The molecule has 1 atom stereocenters. The van der Waals surface area contributed by atoms with Crippen LogP contribution in [0, 0.1) is 5.92 Å². The molecule has 0 saturated heterocycles. The quantitative estimate of drug-likeness (QED) is 0.504. The van der Waals surface area contributed by atoms with Gasteiger partial charge in [-0.2, -0.15) is 0 Å². The highest BCUT2D eigenvalue weighted by molar-refractivity contribution is 5.98. The Morgan fingerprint density at radius 3 is 2.13 bits per heavy atom. The monoisotopic (exact) mass is 416 g/mol. The maximum atomic E-state index is 13.2. The lowest BCUT2D eigenvalue weighted by Gasteiger charge is -2.20. The normalized spacial score (nSPS) is 11.6. The fourth-order valence-corrected chi connectivity index (χ4v) is 3.18. The van der Waals surface area contributed by atoms with Gasteiger partial charge in [0.25, 0.3) is 0 Å². The van der Waals surface area contributed by atoms with Crippen molar-refractivity contribution in [2.75, 3.05) is 5.32 Å². The van der Waals surface area contributed by atoms with Crippen LogP contribution in [0.2, 0.25) is 0 Å². The average molecular weight is 417 g/mol. The molecule has 3 rings (SSSR count). The van der Waals surface area contributed by atoms with E-state index in [-0.39, 0.29) is 17.7 Å². The molecule has 2 N–H and O–H groups in total. The summed E-state index contributed by atoms with van der Waals surface area (Å²) in [4.78, 5) is 25.6. The minimum absolute atomic E-state index is 0.139. The molecule has 0 fully saturated rings. The molecular formula is C26H28N2O3. The number of carbonyl (C=O) groups is 2. The summed E-state index contributed by atoms with van der Waals surface area (Å²) < 4.78 is 5.94. The summed E-state index contributed by atoms with van der Waals surface area (Å²) >= 11 is 0. The van der Waals surface area contributed by atoms with Crippen molar-refractivity contribution in [3.8, 4) is 11.5 Å². The molecule has 0 bridgehead atoms. The maximum Gasteiger partial charge on any atom is 0.247 e. The molecule has 0 aliphatic rings. The number of hydrogen-bond acceptors (Lipinski definition) is 3. The van der Waals surface area contributed by atoms with E-state index in [1.54, 1.807) is 12.1 Å². The van der Waals surface area contributed by atoms with Crippen molar-refractivity contribution in [3.63, 3.8) is 0 Å². The SMILES string of the molecule is CC(C)CC(=O)NC(Cc1ccccc1)C(=O)Nc1ccccc1Oc1ccccc1. The molecule has 0 aliphatic carbocycles. The van der Waals surface area contributed by atoms with Gasteiger partial charge in [0.1, 0.15) is 11.8 Å². The maximum absolute atomic E-state index is 13.2. The number of para-hydroxylation sites is 3. The van der Waals surface area contributed by atoms with Gasteiger partial charge in [-0.3, -0.25) is 9.59 Å². The second-order valence-corrected chi connectivity index (χ2v) is 7.81. The molecule has 31 heavy (non-hydrogen) atoms. The first kappa shape index (κ1) is 22.1. The lowest BCUT2D eigenvalue weighted by Crippen LogP contribution is -2.45. The van der Waals surface area contributed by atoms with Crippen LogP contribution in [-0.2, 0) is 16.0 Å². The van der Waals surface area contributed by atoms with E-state index in [1.807, 2.05) is 86.6 Å². The summed E-state index contributed by atoms with van der Waals surface area (Å²) in [5, 5.41) is 5.83. The van der Waals surface area contributed by atoms with Crippen molar-refractivity contribution < 1.29 is 14.3 Å². The Hall–Kier alpha value is -3.60. The Bertz CT molecular complexity index is 988. The summed E-state index contributed by atoms with van der Waals surface area (Å²) in [6, 6.07) is 25.6. The molecule has 2 amide bonds. The number of anilines is 1. The van der Waals surface area contributed by atoms with Gasteiger partial charge in [0.05, 0.1) is 5.69 Å². The molecule has 3 aromatic rings. The molecule has 0 heterocycles. The third-order valence-electron chi connectivity index (χ3n) is 4.64. The number of hydrogen-bond donors (Lipinski definition) is 2. The molecule has 5 nitrogen and oxygen atoms in total. The van der Waals surface area contributed by atoms with Crippen LogP contribution in [0.1, 0.15) is 25.8 Å². The van der Waals surface area contributed by atoms with E-state index >= 15 is 0 Å². The number of ether oxygens (including phenoxy) is 1. The van der Waals surface area contributed by atoms with Gasteiger partial charge >= 0.3 is 0 Å². The van der Waals surface area contributed by atoms with Gasteiger partial charge in [0, 0.05) is 12.8 Å². The van der Waals surface area contributed by atoms with Crippen molar-refractivity contribution in [1.29, 1.82) is 0 Å². The van der Waals surface area contributed by atoms with E-state index < -0.39 is 6.04 Å². The number of rotatable bonds is 9. The topological polar surface area (TPSA) is 67.4 Å². The number of amides is 2. The zero-order valence-corrected chi connectivity index (χ0v) is 17.9. The highest BCUT2D eigenvalue weighted by Gasteiger charge is 2.23. The second kappa shape index (κ2) is 11.0. The molecular weight excluding hydrogens is 388 g/mol. The fourth-order valence-electron chi connectivity index (χ4n) is 3.18. The third-order valence-corrected chi connectivity index (χ3v) is 4.64. The Labute approximate surface area is 183 Å². The van der Waals surface area contributed by atoms with Crippen molar-refractivity contribution >= 4 is 17.5 Å². The summed E-state index contributed by atoms with van der Waals surface area (Å²) in [7, 11) is 0. The molecule has 5 heteroatoms. The van der Waals surface area contributed by atoms with Crippen LogP contribution >= 0.6 is 0 Å². The predicted octanol–water partition coefficient (Wildman–Crippen LogP) is 5.19. The lowest BCUT2D eigenvalue weighted by molar-refractivity contribution is -0.127. The van der Waals surface area contributed by atoms with Crippen LogP contribution in [0.4, 0.5) is 5.69 Å². The first-order chi connectivity index (χ1) is 15.0. The molecule has 0 spiro atoms. The molecule has 0 aliphatic heterocycles. The molecule has 0 saturated carbocycles. The van der Waals surface area contributed by atoms with Crippen LogP contribution in [0.15, 0.2) is 84.9 Å². The van der Waals surface area contributed by atoms with E-state index in [0.29, 0.717) is 30.0 Å². The van der Waals surface area contributed by atoms with Gasteiger partial charge in [-0.25, -0.2) is 0 Å². The molecule has 3 aromatic carbocycles. The van der Waals surface area contributed by atoms with Gasteiger partial charge < -0.3 is 15.4 Å². The largest absolute Gasteiger partial charge is 0.455 e. The van der Waals surface area contributed by atoms with Crippen LogP contribution in [-0.4, -0.2) is 17.9 Å². The van der Waals surface area contributed by atoms with E-state index in [1.165, 1.54) is 0 Å². The summed E-state index contributed by atoms with van der Waals surface area (Å²) in [6.07, 6.45) is 0.768. The van der Waals surface area contributed by atoms with Gasteiger partial charge in [-0.15, -0.1) is 0 Å². The summed E-state index contributed by atoms with van der Waals surface area (Å²) in [5.74, 6) is 0.995. The van der Waals surface area contributed by atoms with Crippen molar-refractivity contribution in [1.82, 2.24) is 5.32 Å². The highest BCUT2D eigenvalue weighted by atomic mass is 16.5. The van der Waals surface area contributed by atoms with Crippen LogP contribution in [0.3, 0.4) is 0 Å². The average Bonchev–Trinajstić information content (AvgIpc) is 2.75. The minimum atomic E-state index is -0.696. The Balaban J connectivity index is 1.77. The Morgan fingerprint density at radius 2 is 1.45 bits per heavy atom. The molecule has 0 aromatic heterocycles. The highest BCUT2D eigenvalue weighted by Crippen LogP contribution is 2.29.